The molecule has 4 rings (SSSR count). The second-order valence-electron chi connectivity index (χ2n) is 5.42. The molecule has 3 aromatic rings. The lowest BCUT2D eigenvalue weighted by Gasteiger charge is -2.11. The van der Waals surface area contributed by atoms with Crippen LogP contribution in [0.4, 0.5) is 0 Å². The van der Waals surface area contributed by atoms with Crippen molar-refractivity contribution in [2.45, 2.75) is 25.4 Å². The summed E-state index contributed by atoms with van der Waals surface area (Å²) in [7, 11) is 0. The summed E-state index contributed by atoms with van der Waals surface area (Å²) in [5, 5.41) is 12.1. The monoisotopic (exact) mass is 342 g/mol. The average molecular weight is 343 g/mol. The van der Waals surface area contributed by atoms with Crippen LogP contribution in [-0.4, -0.2) is 21.0 Å². The molecule has 1 aliphatic carbocycles. The second-order valence-corrected chi connectivity index (χ2v) is 6.33. The van der Waals surface area contributed by atoms with E-state index in [0.717, 1.165) is 27.7 Å². The molecule has 5 heteroatoms. The van der Waals surface area contributed by atoms with Gasteiger partial charge in [-0.1, -0.05) is 33.3 Å². The summed E-state index contributed by atoms with van der Waals surface area (Å²) in [6.45, 7) is 0.855. The molecule has 106 valence electrons. The van der Waals surface area contributed by atoms with Crippen LogP contribution in [0, 0.1) is 0 Å². The molecule has 1 saturated carbocycles. The first kappa shape index (κ1) is 13.0. The molecule has 1 N–H and O–H groups in total. The first-order chi connectivity index (χ1) is 10.3. The van der Waals surface area contributed by atoms with Gasteiger partial charge in [0.2, 0.25) is 0 Å². The molecule has 0 saturated heterocycles. The molecule has 1 aromatic heterocycles. The van der Waals surface area contributed by atoms with Crippen molar-refractivity contribution >= 4 is 27.0 Å². The summed E-state index contributed by atoms with van der Waals surface area (Å²) in [6.07, 6.45) is 2.57. The Labute approximate surface area is 131 Å². The molecule has 0 atom stereocenters. The van der Waals surface area contributed by atoms with Gasteiger partial charge < -0.3 is 5.32 Å². The quantitative estimate of drug-likeness (QED) is 0.789. The van der Waals surface area contributed by atoms with E-state index in [2.05, 4.69) is 49.8 Å². The van der Waals surface area contributed by atoms with Crippen molar-refractivity contribution < 1.29 is 0 Å². The highest BCUT2D eigenvalue weighted by Crippen LogP contribution is 2.25. The highest BCUT2D eigenvalue weighted by Gasteiger charge is 2.21. The molecule has 4 nitrogen and oxygen atoms in total. The Balaban J connectivity index is 1.79. The largest absolute Gasteiger partial charge is 0.310 e. The van der Waals surface area contributed by atoms with E-state index in [9.17, 15) is 0 Å². The summed E-state index contributed by atoms with van der Waals surface area (Å²) in [4.78, 5) is 0. The highest BCUT2D eigenvalue weighted by atomic mass is 79.9. The number of rotatable bonds is 4. The van der Waals surface area contributed by atoms with Gasteiger partial charge in [0.05, 0.1) is 11.2 Å². The predicted molar refractivity (Wildman–Crippen MR) is 86.4 cm³/mol. The van der Waals surface area contributed by atoms with Gasteiger partial charge in [-0.3, -0.25) is 0 Å². The minimum atomic E-state index is 0.685. The third kappa shape index (κ3) is 2.59. The van der Waals surface area contributed by atoms with Gasteiger partial charge in [-0.25, -0.2) is 4.68 Å². The first-order valence-electron chi connectivity index (χ1n) is 7.14. The van der Waals surface area contributed by atoms with E-state index in [1.165, 1.54) is 18.4 Å². The molecule has 1 aliphatic rings. The van der Waals surface area contributed by atoms with Crippen molar-refractivity contribution in [1.82, 2.24) is 20.3 Å². The minimum absolute atomic E-state index is 0.685. The molecule has 1 fully saturated rings. The van der Waals surface area contributed by atoms with Crippen LogP contribution in [0.25, 0.3) is 16.7 Å². The van der Waals surface area contributed by atoms with E-state index in [1.807, 2.05) is 28.9 Å². The Kier molecular flexibility index (Phi) is 3.24. The zero-order chi connectivity index (χ0) is 14.2. The topological polar surface area (TPSA) is 42.7 Å². The number of hydrogen-bond donors (Lipinski definition) is 1. The van der Waals surface area contributed by atoms with Crippen molar-refractivity contribution in [3.63, 3.8) is 0 Å². The van der Waals surface area contributed by atoms with Crippen molar-refractivity contribution in [3.8, 4) is 5.69 Å². The normalized spacial score (nSPS) is 14.7. The Morgan fingerprint density at radius 2 is 2.05 bits per heavy atom. The number of nitrogens with one attached hydrogen (secondary N) is 1. The number of nitrogens with zero attached hydrogens (tertiary/aromatic N) is 3. The van der Waals surface area contributed by atoms with Crippen molar-refractivity contribution in [3.05, 3.63) is 52.5 Å². The molecule has 21 heavy (non-hydrogen) atoms. The molecule has 0 unspecified atom stereocenters. The Morgan fingerprint density at radius 3 is 2.90 bits per heavy atom. The van der Waals surface area contributed by atoms with Crippen LogP contribution in [0.1, 0.15) is 18.4 Å². The fraction of sp³-hybridized carbons (Fsp3) is 0.250. The molecule has 0 amide bonds. The van der Waals surface area contributed by atoms with Gasteiger partial charge in [-0.2, -0.15) is 0 Å². The van der Waals surface area contributed by atoms with E-state index in [-0.39, 0.29) is 0 Å². The minimum Gasteiger partial charge on any atom is -0.310 e. The number of para-hydroxylation sites is 1. The van der Waals surface area contributed by atoms with Crippen molar-refractivity contribution in [1.29, 1.82) is 0 Å². The van der Waals surface area contributed by atoms with Gasteiger partial charge in [0, 0.05) is 17.1 Å². The number of benzene rings is 2. The van der Waals surface area contributed by atoms with Crippen LogP contribution in [0.5, 0.6) is 0 Å². The van der Waals surface area contributed by atoms with Crippen LogP contribution in [0.3, 0.4) is 0 Å². The molecule has 1 heterocycles. The summed E-state index contributed by atoms with van der Waals surface area (Å²) in [6, 6.07) is 15.0. The molecule has 0 spiro atoms. The molecular formula is C16H15BrN4. The molecule has 0 aliphatic heterocycles. The van der Waals surface area contributed by atoms with Crippen LogP contribution in [0.15, 0.2) is 46.9 Å². The van der Waals surface area contributed by atoms with E-state index in [1.54, 1.807) is 0 Å². The third-order valence-corrected chi connectivity index (χ3v) is 4.27. The molecule has 0 radical (unpaired) electrons. The van der Waals surface area contributed by atoms with Crippen LogP contribution in [0.2, 0.25) is 0 Å². The maximum Gasteiger partial charge on any atom is 0.113 e. The van der Waals surface area contributed by atoms with E-state index in [0.29, 0.717) is 6.04 Å². The van der Waals surface area contributed by atoms with Crippen LogP contribution >= 0.6 is 15.9 Å². The molecular weight excluding hydrogens is 328 g/mol. The lowest BCUT2D eigenvalue weighted by Crippen LogP contribution is -2.17. The fourth-order valence-corrected chi connectivity index (χ4v) is 2.90. The third-order valence-electron chi connectivity index (χ3n) is 3.78. The standard InChI is InChI=1S/C16H15BrN4/c17-12-5-8-15(11(9-12)10-18-13-6-7-13)21-16-4-2-1-3-14(16)19-20-21/h1-5,8-9,13,18H,6-7,10H2. The zero-order valence-corrected chi connectivity index (χ0v) is 13.0. The number of fused-ring (bicyclic) bond motifs is 1. The fourth-order valence-electron chi connectivity index (χ4n) is 2.49. The predicted octanol–water partition coefficient (Wildman–Crippen LogP) is 3.44. The maximum atomic E-state index is 4.32. The van der Waals surface area contributed by atoms with Gasteiger partial charge >= 0.3 is 0 Å². The Bertz CT molecular complexity index is 792. The van der Waals surface area contributed by atoms with Crippen LogP contribution < -0.4 is 5.32 Å². The average Bonchev–Trinajstić information content (AvgIpc) is 3.24. The van der Waals surface area contributed by atoms with Crippen LogP contribution in [-0.2, 0) is 6.54 Å². The number of hydrogen-bond acceptors (Lipinski definition) is 3. The second kappa shape index (κ2) is 5.24. The van der Waals surface area contributed by atoms with Gasteiger partial charge in [0.25, 0.3) is 0 Å². The van der Waals surface area contributed by atoms with Gasteiger partial charge in [0.1, 0.15) is 5.52 Å². The van der Waals surface area contributed by atoms with E-state index < -0.39 is 0 Å². The van der Waals surface area contributed by atoms with Crippen molar-refractivity contribution in [2.75, 3.05) is 0 Å². The Morgan fingerprint density at radius 1 is 1.19 bits per heavy atom. The lowest BCUT2D eigenvalue weighted by molar-refractivity contribution is 0.680. The summed E-state index contributed by atoms with van der Waals surface area (Å²) < 4.78 is 3.01. The highest BCUT2D eigenvalue weighted by molar-refractivity contribution is 9.10. The SMILES string of the molecule is Brc1ccc(-n2nnc3ccccc32)c(CNC2CC2)c1. The first-order valence-corrected chi connectivity index (χ1v) is 7.93. The maximum absolute atomic E-state index is 4.32. The number of aromatic nitrogens is 3. The molecule has 0 bridgehead atoms. The van der Waals surface area contributed by atoms with Gasteiger partial charge in [-0.15, -0.1) is 5.10 Å². The van der Waals surface area contributed by atoms with Gasteiger partial charge in [-0.05, 0) is 48.7 Å². The van der Waals surface area contributed by atoms with Crippen molar-refractivity contribution in [2.24, 2.45) is 0 Å². The van der Waals surface area contributed by atoms with E-state index >= 15 is 0 Å². The summed E-state index contributed by atoms with van der Waals surface area (Å²) in [5.74, 6) is 0. The molecule has 2 aromatic carbocycles. The summed E-state index contributed by atoms with van der Waals surface area (Å²) in [5.41, 5.74) is 4.26. The zero-order valence-electron chi connectivity index (χ0n) is 11.5. The Hall–Kier alpha value is -1.72. The smallest absolute Gasteiger partial charge is 0.113 e. The van der Waals surface area contributed by atoms with E-state index in [4.69, 9.17) is 0 Å². The van der Waals surface area contributed by atoms with Gasteiger partial charge in [0.15, 0.2) is 0 Å². The lowest BCUT2D eigenvalue weighted by atomic mass is 10.1. The number of halogens is 1. The summed E-state index contributed by atoms with van der Waals surface area (Å²) >= 11 is 3.56.